The van der Waals surface area contributed by atoms with Crippen molar-refractivity contribution in [3.63, 3.8) is 0 Å². The van der Waals surface area contributed by atoms with Crippen molar-refractivity contribution < 1.29 is 0 Å². The maximum Gasteiger partial charge on any atom is 0.227 e. The summed E-state index contributed by atoms with van der Waals surface area (Å²) < 4.78 is 0. The van der Waals surface area contributed by atoms with Crippen molar-refractivity contribution >= 4 is 33.1 Å². The second kappa shape index (κ2) is 6.01. The van der Waals surface area contributed by atoms with Crippen molar-refractivity contribution in [2.24, 2.45) is 0 Å². The molecule has 2 heterocycles. The van der Waals surface area contributed by atoms with E-state index in [1.807, 2.05) is 42.5 Å². The fraction of sp³-hybridized carbons (Fsp3) is 0. The van der Waals surface area contributed by atoms with E-state index < -0.39 is 0 Å². The minimum Gasteiger partial charge on any atom is -0.381 e. The van der Waals surface area contributed by atoms with E-state index in [1.165, 1.54) is 11.3 Å². The van der Waals surface area contributed by atoms with Crippen LogP contribution >= 0.6 is 11.3 Å². The van der Waals surface area contributed by atoms with Gasteiger partial charge in [-0.2, -0.15) is 15.3 Å². The van der Waals surface area contributed by atoms with Crippen LogP contribution in [0.1, 0.15) is 11.3 Å². The molecule has 4 N–H and O–H groups in total. The number of nitrogens with two attached hydrogens (primary N) is 1. The Kier molecular flexibility index (Phi) is 3.74. The van der Waals surface area contributed by atoms with Crippen molar-refractivity contribution in [1.82, 2.24) is 20.1 Å². The van der Waals surface area contributed by atoms with Gasteiger partial charge in [-0.25, -0.2) is 5.43 Å². The molecule has 0 aliphatic rings. The third-order valence-electron chi connectivity index (χ3n) is 2.79. The Labute approximate surface area is 134 Å². The van der Waals surface area contributed by atoms with Crippen LogP contribution in [0.25, 0.3) is 0 Å². The maximum absolute atomic E-state index is 8.98. The van der Waals surface area contributed by atoms with Gasteiger partial charge in [0.15, 0.2) is 11.5 Å². The van der Waals surface area contributed by atoms with E-state index in [0.717, 1.165) is 10.5 Å². The molecule has 0 saturated heterocycles. The van der Waals surface area contributed by atoms with E-state index in [1.54, 1.807) is 0 Å². The lowest BCUT2D eigenvalue weighted by Gasteiger charge is -2.02. The zero-order chi connectivity index (χ0) is 16.2. The Hall–Kier alpha value is -3.63. The van der Waals surface area contributed by atoms with Gasteiger partial charge in [0.05, 0.1) is 0 Å². The van der Waals surface area contributed by atoms with Crippen LogP contribution < -0.4 is 16.5 Å². The Balaban J connectivity index is 1.79. The molecule has 0 spiro atoms. The number of nitrogen functional groups attached to an aromatic ring is 1. The molecule has 1 aromatic carbocycles. The summed E-state index contributed by atoms with van der Waals surface area (Å²) in [5.41, 5.74) is 9.42. The van der Waals surface area contributed by atoms with Gasteiger partial charge in [0, 0.05) is 5.69 Å². The molecule has 0 unspecified atom stereocenters. The zero-order valence-corrected chi connectivity index (χ0v) is 12.4. The number of nitrogens with zero attached hydrogens (tertiary/aromatic N) is 6. The van der Waals surface area contributed by atoms with Gasteiger partial charge in [-0.3, -0.25) is 0 Å². The molecule has 0 fully saturated rings. The molecule has 0 aliphatic heterocycles. The van der Waals surface area contributed by atoms with E-state index in [0.29, 0.717) is 10.3 Å². The Morgan fingerprint density at radius 2 is 1.83 bits per heavy atom. The summed E-state index contributed by atoms with van der Waals surface area (Å²) in [5.74, 6) is 0.0387. The minimum absolute atomic E-state index is 0.0205. The van der Waals surface area contributed by atoms with Crippen molar-refractivity contribution in [3.8, 4) is 12.1 Å². The SMILES string of the molecule is N#Cc1nn(Nc2nnc(Nc3ccccc3)s2)c(N)c1C#N. The number of anilines is 4. The van der Waals surface area contributed by atoms with Gasteiger partial charge in [0.2, 0.25) is 10.3 Å². The number of para-hydroxylation sites is 1. The summed E-state index contributed by atoms with van der Waals surface area (Å²) in [4.78, 5) is 1.13. The molecule has 112 valence electrons. The van der Waals surface area contributed by atoms with Gasteiger partial charge in [-0.15, -0.1) is 15.3 Å². The van der Waals surface area contributed by atoms with Gasteiger partial charge in [-0.05, 0) is 12.1 Å². The predicted octanol–water partition coefficient (Wildman–Crippen LogP) is 1.68. The second-order valence-electron chi connectivity index (χ2n) is 4.26. The third-order valence-corrected chi connectivity index (χ3v) is 3.53. The summed E-state index contributed by atoms with van der Waals surface area (Å²) >= 11 is 1.23. The highest BCUT2D eigenvalue weighted by Gasteiger charge is 2.16. The molecule has 0 aliphatic carbocycles. The lowest BCUT2D eigenvalue weighted by molar-refractivity contribution is 0.802. The highest BCUT2D eigenvalue weighted by molar-refractivity contribution is 7.19. The lowest BCUT2D eigenvalue weighted by Crippen LogP contribution is -2.13. The predicted molar refractivity (Wildman–Crippen MR) is 84.7 cm³/mol. The lowest BCUT2D eigenvalue weighted by atomic mass is 10.3. The number of hydrogen-bond acceptors (Lipinski definition) is 9. The van der Waals surface area contributed by atoms with Gasteiger partial charge in [-0.1, -0.05) is 29.5 Å². The molecule has 0 amide bonds. The average Bonchev–Trinajstić information content (AvgIpc) is 3.13. The number of nitriles is 2. The average molecular weight is 323 g/mol. The van der Waals surface area contributed by atoms with Crippen LogP contribution in [0.4, 0.5) is 21.8 Å². The summed E-state index contributed by atoms with van der Waals surface area (Å²) in [5, 5.41) is 33.8. The number of rotatable bonds is 4. The fourth-order valence-corrected chi connectivity index (χ4v) is 2.41. The number of nitrogens with one attached hydrogen (secondary N) is 2. The van der Waals surface area contributed by atoms with Crippen molar-refractivity contribution in [2.75, 3.05) is 16.5 Å². The van der Waals surface area contributed by atoms with E-state index in [9.17, 15) is 0 Å². The van der Waals surface area contributed by atoms with Crippen LogP contribution in [0.2, 0.25) is 0 Å². The molecule has 0 bridgehead atoms. The van der Waals surface area contributed by atoms with E-state index in [2.05, 4.69) is 26.0 Å². The van der Waals surface area contributed by atoms with Crippen LogP contribution in [-0.4, -0.2) is 20.1 Å². The largest absolute Gasteiger partial charge is 0.381 e. The number of aromatic nitrogens is 4. The van der Waals surface area contributed by atoms with Crippen LogP contribution in [-0.2, 0) is 0 Å². The molecular formula is C13H9N9S. The van der Waals surface area contributed by atoms with Gasteiger partial charge < -0.3 is 11.1 Å². The molecular weight excluding hydrogens is 314 g/mol. The van der Waals surface area contributed by atoms with E-state index in [4.69, 9.17) is 16.3 Å². The minimum atomic E-state index is -0.0513. The summed E-state index contributed by atoms with van der Waals surface area (Å²) in [7, 11) is 0. The Morgan fingerprint density at radius 3 is 2.48 bits per heavy atom. The molecule has 23 heavy (non-hydrogen) atoms. The standard InChI is InChI=1S/C13H9N9S/c14-6-9-10(7-15)20-22(11(9)16)21-13-19-18-12(23-13)17-8-4-2-1-3-5-8/h1-5H,16H2,(H,17,18)(H,19,21). The Morgan fingerprint density at radius 1 is 1.09 bits per heavy atom. The number of hydrogen-bond donors (Lipinski definition) is 3. The highest BCUT2D eigenvalue weighted by atomic mass is 32.1. The molecule has 3 rings (SSSR count). The smallest absolute Gasteiger partial charge is 0.227 e. The molecule has 10 heteroatoms. The third kappa shape index (κ3) is 2.88. The van der Waals surface area contributed by atoms with Gasteiger partial charge >= 0.3 is 0 Å². The second-order valence-corrected chi connectivity index (χ2v) is 5.24. The Bertz CT molecular complexity index is 913. The molecule has 0 saturated carbocycles. The topological polar surface area (TPSA) is 141 Å². The summed E-state index contributed by atoms with van der Waals surface area (Å²) in [6.45, 7) is 0. The first-order valence-corrected chi connectivity index (χ1v) is 7.14. The summed E-state index contributed by atoms with van der Waals surface area (Å²) in [6.07, 6.45) is 0. The van der Waals surface area contributed by atoms with Gasteiger partial charge in [0.1, 0.15) is 17.7 Å². The van der Waals surface area contributed by atoms with Crippen molar-refractivity contribution in [1.29, 1.82) is 10.5 Å². The highest BCUT2D eigenvalue weighted by Crippen LogP contribution is 2.24. The van der Waals surface area contributed by atoms with Gasteiger partial charge in [0.25, 0.3) is 0 Å². The van der Waals surface area contributed by atoms with Crippen LogP contribution in [0.5, 0.6) is 0 Å². The molecule has 9 nitrogen and oxygen atoms in total. The number of benzene rings is 1. The zero-order valence-electron chi connectivity index (χ0n) is 11.6. The first-order valence-electron chi connectivity index (χ1n) is 6.32. The van der Waals surface area contributed by atoms with Crippen LogP contribution in [0, 0.1) is 22.7 Å². The molecule has 0 radical (unpaired) electrons. The first-order chi connectivity index (χ1) is 11.2. The molecule has 3 aromatic rings. The van der Waals surface area contributed by atoms with Crippen molar-refractivity contribution in [3.05, 3.63) is 41.6 Å². The quantitative estimate of drug-likeness (QED) is 0.658. The maximum atomic E-state index is 8.98. The molecule has 0 atom stereocenters. The normalized spacial score (nSPS) is 9.83. The monoisotopic (exact) mass is 323 g/mol. The fourth-order valence-electron chi connectivity index (χ4n) is 1.76. The van der Waals surface area contributed by atoms with E-state index in [-0.39, 0.29) is 17.1 Å². The van der Waals surface area contributed by atoms with Crippen LogP contribution in [0.3, 0.4) is 0 Å². The van der Waals surface area contributed by atoms with E-state index >= 15 is 0 Å². The summed E-state index contributed by atoms with van der Waals surface area (Å²) in [6, 6.07) is 13.2. The molecule has 2 aromatic heterocycles. The van der Waals surface area contributed by atoms with Crippen molar-refractivity contribution in [2.45, 2.75) is 0 Å². The van der Waals surface area contributed by atoms with Crippen LogP contribution in [0.15, 0.2) is 30.3 Å². The first kappa shape index (κ1) is 14.3.